The van der Waals surface area contributed by atoms with Crippen LogP contribution < -0.4 is 0 Å². The van der Waals surface area contributed by atoms with Crippen molar-refractivity contribution >= 4 is 11.9 Å². The molecule has 0 radical (unpaired) electrons. The molecule has 5 nitrogen and oxygen atoms in total. The summed E-state index contributed by atoms with van der Waals surface area (Å²) in [6, 6.07) is 17.7. The number of ether oxygens (including phenoxy) is 2. The SMILES string of the molecule is C=CCC(C(=O)O[C@@H]1C[C@H](C)CC[C@H]1C(C)c1ccccc1)[N+](C)(C)Cc1ccc(C(=O)OC(C)(C)C)cc1. The fraction of sp³-hybridized carbons (Fsp3) is 0.529. The molecule has 2 aromatic rings. The number of quaternary nitrogens is 1. The molecule has 0 aromatic heterocycles. The largest absolute Gasteiger partial charge is 0.458 e. The third-order valence-electron chi connectivity index (χ3n) is 8.02. The quantitative estimate of drug-likeness (QED) is 0.182. The summed E-state index contributed by atoms with van der Waals surface area (Å²) in [6.07, 6.45) is 5.36. The monoisotopic (exact) mass is 534 g/mol. The van der Waals surface area contributed by atoms with Crippen molar-refractivity contribution < 1.29 is 23.5 Å². The van der Waals surface area contributed by atoms with Crippen LogP contribution in [0.2, 0.25) is 0 Å². The molecule has 0 amide bonds. The predicted octanol–water partition coefficient (Wildman–Crippen LogP) is 7.31. The molecule has 0 N–H and O–H groups in total. The molecule has 5 heteroatoms. The van der Waals surface area contributed by atoms with E-state index in [0.717, 1.165) is 24.8 Å². The Hall–Kier alpha value is -2.92. The van der Waals surface area contributed by atoms with Crippen molar-refractivity contribution in [2.45, 2.75) is 90.5 Å². The Balaban J connectivity index is 1.74. The van der Waals surface area contributed by atoms with E-state index in [1.165, 1.54) is 5.56 Å². The first-order valence-electron chi connectivity index (χ1n) is 14.3. The molecular weight excluding hydrogens is 486 g/mol. The molecule has 1 aliphatic carbocycles. The van der Waals surface area contributed by atoms with Crippen LogP contribution in [0.1, 0.15) is 87.7 Å². The zero-order valence-corrected chi connectivity index (χ0v) is 25.0. The molecule has 1 saturated carbocycles. The zero-order chi connectivity index (χ0) is 28.8. The molecular formula is C34H48NO4+. The van der Waals surface area contributed by atoms with Gasteiger partial charge in [-0.05, 0) is 63.1 Å². The van der Waals surface area contributed by atoms with Gasteiger partial charge in [-0.2, -0.15) is 0 Å². The molecule has 1 aliphatic rings. The molecule has 1 fully saturated rings. The number of hydrogen-bond acceptors (Lipinski definition) is 4. The summed E-state index contributed by atoms with van der Waals surface area (Å²) in [5.41, 5.74) is 2.31. The van der Waals surface area contributed by atoms with Crippen molar-refractivity contribution in [3.05, 3.63) is 83.9 Å². The summed E-state index contributed by atoms with van der Waals surface area (Å²) in [7, 11) is 4.12. The zero-order valence-electron chi connectivity index (χ0n) is 25.0. The van der Waals surface area contributed by atoms with Crippen LogP contribution in [0.5, 0.6) is 0 Å². The molecule has 2 unspecified atom stereocenters. The Bertz CT molecular complexity index is 1100. The Morgan fingerprint density at radius 2 is 1.69 bits per heavy atom. The van der Waals surface area contributed by atoms with Crippen molar-refractivity contribution in [3.8, 4) is 0 Å². The molecule has 212 valence electrons. The highest BCUT2D eigenvalue weighted by Gasteiger charge is 2.41. The minimum Gasteiger partial charge on any atom is -0.458 e. The van der Waals surface area contributed by atoms with Gasteiger partial charge in [-0.25, -0.2) is 9.59 Å². The van der Waals surface area contributed by atoms with Gasteiger partial charge in [0.25, 0.3) is 0 Å². The molecule has 3 rings (SSSR count). The number of likely N-dealkylation sites (N-methyl/N-ethyl adjacent to an activating group) is 1. The molecule has 2 aromatic carbocycles. The summed E-state index contributed by atoms with van der Waals surface area (Å²) in [4.78, 5) is 26.2. The van der Waals surface area contributed by atoms with Gasteiger partial charge in [0.1, 0.15) is 18.2 Å². The van der Waals surface area contributed by atoms with Crippen molar-refractivity contribution in [3.63, 3.8) is 0 Å². The number of carbonyl (C=O) groups is 2. The maximum absolute atomic E-state index is 13.8. The summed E-state index contributed by atoms with van der Waals surface area (Å²) in [5.74, 6) is 0.658. The number of esters is 2. The van der Waals surface area contributed by atoms with Crippen LogP contribution in [0.4, 0.5) is 0 Å². The summed E-state index contributed by atoms with van der Waals surface area (Å²) < 4.78 is 12.3. The number of carbonyl (C=O) groups excluding carboxylic acids is 2. The molecule has 0 saturated heterocycles. The highest BCUT2D eigenvalue weighted by Crippen LogP contribution is 2.40. The lowest BCUT2D eigenvalue weighted by atomic mass is 9.73. The highest BCUT2D eigenvalue weighted by atomic mass is 16.6. The maximum Gasteiger partial charge on any atom is 0.365 e. The van der Waals surface area contributed by atoms with Gasteiger partial charge < -0.3 is 14.0 Å². The Morgan fingerprint density at radius 3 is 2.28 bits per heavy atom. The fourth-order valence-corrected chi connectivity index (χ4v) is 5.78. The first-order chi connectivity index (χ1) is 18.3. The van der Waals surface area contributed by atoms with Gasteiger partial charge >= 0.3 is 11.9 Å². The topological polar surface area (TPSA) is 52.6 Å². The third kappa shape index (κ3) is 8.53. The van der Waals surface area contributed by atoms with Crippen molar-refractivity contribution in [2.24, 2.45) is 11.8 Å². The molecule has 0 heterocycles. The number of rotatable bonds is 10. The number of hydrogen-bond donors (Lipinski definition) is 0. The molecule has 39 heavy (non-hydrogen) atoms. The lowest BCUT2D eigenvalue weighted by Crippen LogP contribution is -2.53. The lowest BCUT2D eigenvalue weighted by Gasteiger charge is -2.41. The minimum atomic E-state index is -0.541. The van der Waals surface area contributed by atoms with Gasteiger partial charge in [0.05, 0.1) is 19.7 Å². The first kappa shape index (κ1) is 30.6. The van der Waals surface area contributed by atoms with Crippen molar-refractivity contribution in [1.82, 2.24) is 0 Å². The van der Waals surface area contributed by atoms with Gasteiger partial charge in [0.2, 0.25) is 0 Å². The first-order valence-corrected chi connectivity index (χ1v) is 14.3. The van der Waals surface area contributed by atoms with Crippen LogP contribution in [0, 0.1) is 11.8 Å². The molecule has 0 spiro atoms. The van der Waals surface area contributed by atoms with Gasteiger partial charge in [0, 0.05) is 17.9 Å². The van der Waals surface area contributed by atoms with E-state index in [9.17, 15) is 9.59 Å². The van der Waals surface area contributed by atoms with Gasteiger partial charge in [-0.1, -0.05) is 68.8 Å². The summed E-state index contributed by atoms with van der Waals surface area (Å²) >= 11 is 0. The highest BCUT2D eigenvalue weighted by molar-refractivity contribution is 5.89. The van der Waals surface area contributed by atoms with E-state index in [1.54, 1.807) is 12.1 Å². The predicted molar refractivity (Wildman–Crippen MR) is 157 cm³/mol. The molecule has 0 aliphatic heterocycles. The lowest BCUT2D eigenvalue weighted by molar-refractivity contribution is -0.919. The smallest absolute Gasteiger partial charge is 0.365 e. The minimum absolute atomic E-state index is 0.100. The molecule has 0 bridgehead atoms. The van der Waals surface area contributed by atoms with E-state index in [1.807, 2.05) is 45.0 Å². The third-order valence-corrected chi connectivity index (χ3v) is 8.02. The van der Waals surface area contributed by atoms with E-state index in [4.69, 9.17) is 9.47 Å². The van der Waals surface area contributed by atoms with Gasteiger partial charge in [0.15, 0.2) is 6.04 Å². The van der Waals surface area contributed by atoms with E-state index >= 15 is 0 Å². The van der Waals surface area contributed by atoms with Gasteiger partial charge in [-0.3, -0.25) is 0 Å². The van der Waals surface area contributed by atoms with Crippen LogP contribution >= 0.6 is 0 Å². The van der Waals surface area contributed by atoms with Crippen molar-refractivity contribution in [2.75, 3.05) is 14.1 Å². The van der Waals surface area contributed by atoms with E-state index < -0.39 is 5.60 Å². The number of nitrogens with zero attached hydrogens (tertiary/aromatic N) is 1. The van der Waals surface area contributed by atoms with E-state index in [-0.39, 0.29) is 24.1 Å². The van der Waals surface area contributed by atoms with E-state index in [2.05, 4.69) is 58.8 Å². The Kier molecular flexibility index (Phi) is 10.2. The van der Waals surface area contributed by atoms with Crippen LogP contribution in [-0.4, -0.2) is 48.3 Å². The van der Waals surface area contributed by atoms with Crippen molar-refractivity contribution in [1.29, 1.82) is 0 Å². The normalized spacial score (nSPS) is 21.5. The average molecular weight is 535 g/mol. The van der Waals surface area contributed by atoms with Crippen LogP contribution in [0.3, 0.4) is 0 Å². The van der Waals surface area contributed by atoms with Crippen LogP contribution in [0.25, 0.3) is 0 Å². The maximum atomic E-state index is 13.8. The second-order valence-electron chi connectivity index (χ2n) is 12.9. The average Bonchev–Trinajstić information content (AvgIpc) is 2.86. The van der Waals surface area contributed by atoms with Crippen LogP contribution in [-0.2, 0) is 20.8 Å². The molecule has 5 atom stereocenters. The second-order valence-corrected chi connectivity index (χ2v) is 12.9. The number of benzene rings is 2. The van der Waals surface area contributed by atoms with E-state index in [0.29, 0.717) is 40.8 Å². The van der Waals surface area contributed by atoms with Crippen LogP contribution in [0.15, 0.2) is 67.3 Å². The Labute approximate surface area is 235 Å². The Morgan fingerprint density at radius 1 is 1.05 bits per heavy atom. The summed E-state index contributed by atoms with van der Waals surface area (Å²) in [6.45, 7) is 14.6. The second kappa shape index (κ2) is 13.0. The summed E-state index contributed by atoms with van der Waals surface area (Å²) in [5, 5.41) is 0. The standard InChI is InChI=1S/C34H48NO4/c1-9-13-30(35(7,8)23-26-17-19-28(20-18-26)32(36)39-34(4,5)6)33(37)38-31-22-24(2)16-21-29(31)25(3)27-14-11-10-12-15-27/h9-12,14-15,17-20,24-25,29-31H,1,13,16,21-23H2,2-8H3/q+1/t24-,25?,29+,30?,31-/m1/s1. The van der Waals surface area contributed by atoms with Gasteiger partial charge in [-0.15, -0.1) is 6.58 Å². The fourth-order valence-electron chi connectivity index (χ4n) is 5.78.